The maximum absolute atomic E-state index is 12.6. The van der Waals surface area contributed by atoms with Crippen LogP contribution in [0.25, 0.3) is 0 Å². The number of hydrogen-bond donors (Lipinski definition) is 2. The Labute approximate surface area is 398 Å². The first-order valence-electron chi connectivity index (χ1n) is 26.1. The van der Waals surface area contributed by atoms with E-state index in [-0.39, 0.29) is 32.6 Å². The number of phosphoric acid groups is 1. The summed E-state index contributed by atoms with van der Waals surface area (Å²) in [5.74, 6) is -0.924. The number of unbranched alkanes of at least 4 members (excludes halogenated alkanes) is 21. The number of carbonyl (C=O) groups is 2. The summed E-state index contributed by atoms with van der Waals surface area (Å²) in [6.45, 7) is 3.52. The standard InChI is InChI=1S/C55H96NO8P/c1-3-5-7-9-11-13-15-17-18-19-20-21-22-23-24-25-26-27-28-29-30-31-32-33-34-36-37-39-41-43-45-47-54(57)61-51-53(52-63-65(59,60)62-50-49-56)64-55(58)48-46-44-42-40-38-35-16-14-12-10-8-6-4-2/h6,8,12,14-15,17,19-20,22-23,35,38,42,44,53H,3-5,7,9-11,13,16,18,21,24-34,36-37,39-41,43,45-52,56H2,1-2H3,(H,59,60)/b8-6-,14-12-,17-15-,20-19-,23-22-,38-35-,44-42-. The molecule has 0 fully saturated rings. The minimum Gasteiger partial charge on any atom is -0.462 e. The van der Waals surface area contributed by atoms with Gasteiger partial charge in [0, 0.05) is 19.4 Å². The molecular weight excluding hydrogens is 834 g/mol. The van der Waals surface area contributed by atoms with E-state index in [1.165, 1.54) is 128 Å². The first-order valence-corrected chi connectivity index (χ1v) is 27.6. The summed E-state index contributed by atoms with van der Waals surface area (Å²) in [5, 5.41) is 0. The summed E-state index contributed by atoms with van der Waals surface area (Å²) in [5.41, 5.74) is 5.35. The molecular formula is C55H96NO8P. The molecule has 0 saturated carbocycles. The highest BCUT2D eigenvalue weighted by molar-refractivity contribution is 7.47. The normalized spacial score (nSPS) is 13.8. The van der Waals surface area contributed by atoms with Gasteiger partial charge in [-0.05, 0) is 77.0 Å². The molecule has 0 heterocycles. The van der Waals surface area contributed by atoms with Gasteiger partial charge in [0.25, 0.3) is 0 Å². The maximum atomic E-state index is 12.6. The largest absolute Gasteiger partial charge is 0.472 e. The van der Waals surface area contributed by atoms with Gasteiger partial charge < -0.3 is 20.1 Å². The van der Waals surface area contributed by atoms with Crippen LogP contribution in [-0.4, -0.2) is 49.3 Å². The summed E-state index contributed by atoms with van der Waals surface area (Å²) < 4.78 is 32.8. The van der Waals surface area contributed by atoms with Crippen LogP contribution in [0.3, 0.4) is 0 Å². The molecule has 0 aliphatic rings. The van der Waals surface area contributed by atoms with E-state index in [9.17, 15) is 19.0 Å². The Morgan fingerprint density at radius 1 is 0.477 bits per heavy atom. The van der Waals surface area contributed by atoms with Crippen molar-refractivity contribution < 1.29 is 37.6 Å². The highest BCUT2D eigenvalue weighted by atomic mass is 31.2. The van der Waals surface area contributed by atoms with Gasteiger partial charge in [0.2, 0.25) is 0 Å². The predicted molar refractivity (Wildman–Crippen MR) is 275 cm³/mol. The van der Waals surface area contributed by atoms with Crippen LogP contribution < -0.4 is 5.73 Å². The topological polar surface area (TPSA) is 134 Å². The second-order valence-corrected chi connectivity index (χ2v) is 18.5. The highest BCUT2D eigenvalue weighted by Crippen LogP contribution is 2.43. The fourth-order valence-electron chi connectivity index (χ4n) is 6.95. The van der Waals surface area contributed by atoms with Crippen molar-refractivity contribution in [2.45, 2.75) is 225 Å². The summed E-state index contributed by atoms with van der Waals surface area (Å²) in [6.07, 6.45) is 65.2. The number of carbonyl (C=O) groups excluding carboxylic acids is 2. The highest BCUT2D eigenvalue weighted by Gasteiger charge is 2.25. The van der Waals surface area contributed by atoms with E-state index in [0.717, 1.165) is 57.8 Å². The number of nitrogens with two attached hydrogens (primary N) is 1. The lowest BCUT2D eigenvalue weighted by Crippen LogP contribution is -2.29. The molecule has 0 saturated heterocycles. The van der Waals surface area contributed by atoms with Crippen molar-refractivity contribution in [3.8, 4) is 0 Å². The zero-order valence-electron chi connectivity index (χ0n) is 41.4. The molecule has 0 rings (SSSR count). The molecule has 0 bridgehead atoms. The minimum atomic E-state index is -4.40. The lowest BCUT2D eigenvalue weighted by Gasteiger charge is -2.19. The molecule has 10 heteroatoms. The summed E-state index contributed by atoms with van der Waals surface area (Å²) in [7, 11) is -4.40. The van der Waals surface area contributed by atoms with Crippen molar-refractivity contribution >= 4 is 19.8 Å². The van der Waals surface area contributed by atoms with Crippen LogP contribution in [0.15, 0.2) is 85.1 Å². The Bertz CT molecular complexity index is 1340. The smallest absolute Gasteiger partial charge is 0.462 e. The summed E-state index contributed by atoms with van der Waals surface area (Å²) >= 11 is 0. The lowest BCUT2D eigenvalue weighted by molar-refractivity contribution is -0.161. The van der Waals surface area contributed by atoms with Crippen LogP contribution in [0, 0.1) is 0 Å². The van der Waals surface area contributed by atoms with Gasteiger partial charge in [-0.1, -0.05) is 214 Å². The minimum absolute atomic E-state index is 0.0397. The SMILES string of the molecule is CC/C=C\C/C=C\C/C=C\C/C=C\CCC(=O)OC(COC(=O)CCCCCCCCCCCCCCCCCC/C=C\C/C=C\C/C=C\CCCCCCC)COP(=O)(O)OCCN. The third-order valence-electron chi connectivity index (χ3n) is 10.8. The first-order chi connectivity index (χ1) is 31.8. The van der Waals surface area contributed by atoms with Gasteiger partial charge >= 0.3 is 19.8 Å². The lowest BCUT2D eigenvalue weighted by atomic mass is 10.0. The second-order valence-electron chi connectivity index (χ2n) is 17.0. The molecule has 9 nitrogen and oxygen atoms in total. The Hall–Kier alpha value is -2.81. The Morgan fingerprint density at radius 3 is 1.32 bits per heavy atom. The van der Waals surface area contributed by atoms with Gasteiger partial charge in [0.1, 0.15) is 6.61 Å². The third-order valence-corrected chi connectivity index (χ3v) is 11.8. The first kappa shape index (κ1) is 62.2. The van der Waals surface area contributed by atoms with E-state index in [2.05, 4.69) is 86.8 Å². The molecule has 0 spiro atoms. The van der Waals surface area contributed by atoms with E-state index in [0.29, 0.717) is 6.42 Å². The second kappa shape index (κ2) is 50.6. The molecule has 2 unspecified atom stereocenters. The molecule has 2 atom stereocenters. The molecule has 0 aromatic rings. The molecule has 0 radical (unpaired) electrons. The van der Waals surface area contributed by atoms with Crippen molar-refractivity contribution in [2.75, 3.05) is 26.4 Å². The quantitative estimate of drug-likeness (QED) is 0.0265. The van der Waals surface area contributed by atoms with Gasteiger partial charge in [-0.2, -0.15) is 0 Å². The van der Waals surface area contributed by atoms with Gasteiger partial charge in [-0.3, -0.25) is 18.6 Å². The van der Waals surface area contributed by atoms with Crippen molar-refractivity contribution in [3.05, 3.63) is 85.1 Å². The van der Waals surface area contributed by atoms with E-state index in [1.807, 2.05) is 12.2 Å². The molecule has 0 aromatic carbocycles. The maximum Gasteiger partial charge on any atom is 0.472 e. The number of hydrogen-bond acceptors (Lipinski definition) is 8. The molecule has 0 aliphatic carbocycles. The van der Waals surface area contributed by atoms with Crippen LogP contribution in [0.1, 0.15) is 219 Å². The molecule has 0 aromatic heterocycles. The van der Waals surface area contributed by atoms with Crippen molar-refractivity contribution in [2.24, 2.45) is 5.73 Å². The summed E-state index contributed by atoms with van der Waals surface area (Å²) in [4.78, 5) is 34.9. The van der Waals surface area contributed by atoms with E-state index in [1.54, 1.807) is 0 Å². The number of esters is 2. The van der Waals surface area contributed by atoms with Crippen molar-refractivity contribution in [3.63, 3.8) is 0 Å². The van der Waals surface area contributed by atoms with Gasteiger partial charge in [-0.15, -0.1) is 0 Å². The fraction of sp³-hybridized carbons (Fsp3) is 0.709. The zero-order valence-corrected chi connectivity index (χ0v) is 42.3. The van der Waals surface area contributed by atoms with Crippen LogP contribution in [0.2, 0.25) is 0 Å². The van der Waals surface area contributed by atoms with Crippen LogP contribution in [0.5, 0.6) is 0 Å². The van der Waals surface area contributed by atoms with Gasteiger partial charge in [-0.25, -0.2) is 4.57 Å². The molecule has 0 amide bonds. The summed E-state index contributed by atoms with van der Waals surface area (Å²) in [6, 6.07) is 0. The third kappa shape index (κ3) is 50.4. The number of rotatable bonds is 48. The van der Waals surface area contributed by atoms with Crippen molar-refractivity contribution in [1.29, 1.82) is 0 Å². The molecule has 3 N–H and O–H groups in total. The number of phosphoric ester groups is 1. The van der Waals surface area contributed by atoms with Crippen LogP contribution in [0.4, 0.5) is 0 Å². The van der Waals surface area contributed by atoms with Crippen LogP contribution >= 0.6 is 7.82 Å². The molecule has 65 heavy (non-hydrogen) atoms. The van der Waals surface area contributed by atoms with Gasteiger partial charge in [0.15, 0.2) is 6.10 Å². The zero-order chi connectivity index (χ0) is 47.4. The average molecular weight is 930 g/mol. The average Bonchev–Trinajstić information content (AvgIpc) is 3.30. The molecule has 374 valence electrons. The van der Waals surface area contributed by atoms with E-state index in [4.69, 9.17) is 24.3 Å². The Kier molecular flexibility index (Phi) is 48.4. The van der Waals surface area contributed by atoms with Gasteiger partial charge in [0.05, 0.1) is 13.2 Å². The van der Waals surface area contributed by atoms with Crippen molar-refractivity contribution in [1.82, 2.24) is 0 Å². The monoisotopic (exact) mass is 930 g/mol. The molecule has 0 aliphatic heterocycles. The Balaban J connectivity index is 3.95. The number of allylic oxidation sites excluding steroid dienone is 14. The van der Waals surface area contributed by atoms with E-state index >= 15 is 0 Å². The Morgan fingerprint density at radius 2 is 0.877 bits per heavy atom. The fourth-order valence-corrected chi connectivity index (χ4v) is 7.72. The number of ether oxygens (including phenoxy) is 2. The van der Waals surface area contributed by atoms with E-state index < -0.39 is 32.5 Å². The van der Waals surface area contributed by atoms with Crippen LogP contribution in [-0.2, 0) is 32.7 Å². The predicted octanol–water partition coefficient (Wildman–Crippen LogP) is 16.0.